The van der Waals surface area contributed by atoms with E-state index in [2.05, 4.69) is 34.1 Å². The van der Waals surface area contributed by atoms with E-state index in [1.807, 2.05) is 0 Å². The number of carbonyl (C=O) groups is 2. The first kappa shape index (κ1) is 24.0. The lowest BCUT2D eigenvalue weighted by atomic mass is 9.75. The highest BCUT2D eigenvalue weighted by Gasteiger charge is 2.63. The van der Waals surface area contributed by atoms with Gasteiger partial charge in [-0.05, 0) is 78.9 Å². The molecular weight excluding hydrogens is 484 g/mol. The number of hydrogen-bond donors (Lipinski definition) is 1. The molecule has 37 heavy (non-hydrogen) atoms. The van der Waals surface area contributed by atoms with Gasteiger partial charge in [0.05, 0.1) is 16.5 Å². The average Bonchev–Trinajstić information content (AvgIpc) is 3.69. The number of anilines is 1. The first-order valence-electron chi connectivity index (χ1n) is 14.4. The van der Waals surface area contributed by atoms with Gasteiger partial charge in [-0.15, -0.1) is 0 Å². The Morgan fingerprint density at radius 1 is 0.892 bits per heavy atom. The number of likely N-dealkylation sites (tertiary alicyclic amines) is 1. The summed E-state index contributed by atoms with van der Waals surface area (Å²) in [5.74, 6) is 2.75. The molecule has 2 bridgehead atoms. The minimum Gasteiger partial charge on any atom is -0.396 e. The summed E-state index contributed by atoms with van der Waals surface area (Å²) in [4.78, 5) is 33.6. The minimum absolute atomic E-state index is 0.0778. The number of aliphatic hydroxyl groups is 1. The summed E-state index contributed by atoms with van der Waals surface area (Å²) in [6.07, 6.45) is 6.65. The molecule has 7 nitrogen and oxygen atoms in total. The Bertz CT molecular complexity index is 1180. The Hall–Kier alpha value is -2.03. The molecule has 3 aliphatic carbocycles. The topological polar surface area (TPSA) is 77.0 Å². The summed E-state index contributed by atoms with van der Waals surface area (Å²) in [5, 5.41) is 11.0. The van der Waals surface area contributed by atoms with Gasteiger partial charge in [0.2, 0.25) is 11.8 Å². The summed E-state index contributed by atoms with van der Waals surface area (Å²) >= 11 is 1.59. The molecule has 1 N–H and O–H groups in total. The molecule has 1 unspecified atom stereocenters. The number of hydrogen-bond acceptors (Lipinski definition) is 7. The Labute approximate surface area is 223 Å². The van der Waals surface area contributed by atoms with Crippen LogP contribution in [0.1, 0.15) is 38.5 Å². The van der Waals surface area contributed by atoms with Crippen molar-refractivity contribution < 1.29 is 14.7 Å². The van der Waals surface area contributed by atoms with Gasteiger partial charge in [0.1, 0.15) is 5.82 Å². The lowest BCUT2D eigenvalue weighted by Gasteiger charge is -2.40. The number of benzene rings is 1. The van der Waals surface area contributed by atoms with Crippen molar-refractivity contribution in [2.75, 3.05) is 50.8 Å². The molecule has 1 aromatic carbocycles. The highest BCUT2D eigenvalue weighted by atomic mass is 32.1. The molecular formula is C29H38N4O3S. The van der Waals surface area contributed by atoms with Crippen LogP contribution in [0, 0.1) is 41.4 Å². The van der Waals surface area contributed by atoms with E-state index in [-0.39, 0.29) is 42.1 Å². The number of imide groups is 1. The van der Waals surface area contributed by atoms with E-state index < -0.39 is 0 Å². The molecule has 3 saturated carbocycles. The van der Waals surface area contributed by atoms with Crippen LogP contribution in [-0.4, -0.2) is 77.0 Å². The van der Waals surface area contributed by atoms with E-state index in [4.69, 9.17) is 4.37 Å². The molecule has 0 radical (unpaired) electrons. The van der Waals surface area contributed by atoms with E-state index in [9.17, 15) is 14.7 Å². The summed E-state index contributed by atoms with van der Waals surface area (Å²) in [5.41, 5.74) is 0. The summed E-state index contributed by atoms with van der Waals surface area (Å²) in [7, 11) is 0. The molecule has 1 aromatic heterocycles. The van der Waals surface area contributed by atoms with Crippen LogP contribution in [0.2, 0.25) is 0 Å². The number of aliphatic hydroxyl groups excluding tert-OH is 1. The van der Waals surface area contributed by atoms with Crippen LogP contribution in [-0.2, 0) is 9.59 Å². The van der Waals surface area contributed by atoms with Gasteiger partial charge in [-0.1, -0.05) is 25.0 Å². The Kier molecular flexibility index (Phi) is 6.25. The molecule has 2 aromatic rings. The molecule has 5 aliphatic rings. The monoisotopic (exact) mass is 522 g/mol. The van der Waals surface area contributed by atoms with Gasteiger partial charge in [0.15, 0.2) is 0 Å². The second kappa shape index (κ2) is 9.62. The van der Waals surface area contributed by atoms with Gasteiger partial charge < -0.3 is 10.0 Å². The van der Waals surface area contributed by atoms with Gasteiger partial charge in [-0.25, -0.2) is 0 Å². The van der Waals surface area contributed by atoms with Crippen molar-refractivity contribution in [2.45, 2.75) is 38.5 Å². The van der Waals surface area contributed by atoms with Crippen molar-refractivity contribution in [1.82, 2.24) is 14.2 Å². The van der Waals surface area contributed by atoms with Crippen molar-refractivity contribution in [1.29, 1.82) is 0 Å². The van der Waals surface area contributed by atoms with Gasteiger partial charge in [0.25, 0.3) is 0 Å². The lowest BCUT2D eigenvalue weighted by molar-refractivity contribution is -0.142. The van der Waals surface area contributed by atoms with Crippen molar-refractivity contribution in [3.63, 3.8) is 0 Å². The predicted octanol–water partition coefficient (Wildman–Crippen LogP) is 3.47. The lowest BCUT2D eigenvalue weighted by Crippen LogP contribution is -2.49. The molecule has 198 valence electrons. The van der Waals surface area contributed by atoms with Crippen LogP contribution in [0.5, 0.6) is 0 Å². The van der Waals surface area contributed by atoms with E-state index in [0.717, 1.165) is 57.8 Å². The minimum atomic E-state index is -0.152. The number of piperazine rings is 1. The zero-order valence-corrected chi connectivity index (χ0v) is 22.3. The third-order valence-electron chi connectivity index (χ3n) is 10.5. The smallest absolute Gasteiger partial charge is 0.233 e. The number of nitrogens with zero attached hydrogens (tertiary/aromatic N) is 4. The Balaban J connectivity index is 0.985. The average molecular weight is 523 g/mol. The van der Waals surface area contributed by atoms with Crippen molar-refractivity contribution in [2.24, 2.45) is 41.4 Å². The molecule has 3 heterocycles. The van der Waals surface area contributed by atoms with Gasteiger partial charge >= 0.3 is 0 Å². The zero-order chi connectivity index (χ0) is 25.1. The summed E-state index contributed by atoms with van der Waals surface area (Å²) < 4.78 is 6.01. The van der Waals surface area contributed by atoms with E-state index >= 15 is 0 Å². The maximum atomic E-state index is 13.5. The maximum absolute atomic E-state index is 13.5. The fourth-order valence-corrected chi connectivity index (χ4v) is 9.41. The van der Waals surface area contributed by atoms with Crippen molar-refractivity contribution in [3.8, 4) is 0 Å². The molecule has 2 aliphatic heterocycles. The van der Waals surface area contributed by atoms with Gasteiger partial charge in [-0.2, -0.15) is 4.37 Å². The zero-order valence-electron chi connectivity index (χ0n) is 21.5. The molecule has 8 heteroatoms. The molecule has 2 saturated heterocycles. The van der Waals surface area contributed by atoms with Gasteiger partial charge in [-0.3, -0.25) is 19.4 Å². The van der Waals surface area contributed by atoms with E-state index in [0.29, 0.717) is 24.3 Å². The van der Waals surface area contributed by atoms with Crippen LogP contribution < -0.4 is 4.90 Å². The molecule has 7 atom stereocenters. The fraction of sp³-hybridized carbons (Fsp3) is 0.690. The first-order valence-corrected chi connectivity index (χ1v) is 15.2. The number of amides is 2. The Morgan fingerprint density at radius 2 is 1.62 bits per heavy atom. The van der Waals surface area contributed by atoms with E-state index in [1.165, 1.54) is 29.3 Å². The number of rotatable bonds is 6. The van der Waals surface area contributed by atoms with Crippen molar-refractivity contribution >= 4 is 39.3 Å². The van der Waals surface area contributed by atoms with Crippen LogP contribution in [0.3, 0.4) is 0 Å². The highest BCUT2D eigenvalue weighted by molar-refractivity contribution is 7.13. The van der Waals surface area contributed by atoms with Crippen LogP contribution in [0.25, 0.3) is 10.1 Å². The van der Waals surface area contributed by atoms with Crippen molar-refractivity contribution in [3.05, 3.63) is 24.3 Å². The second-order valence-corrected chi connectivity index (χ2v) is 13.1. The quantitative estimate of drug-likeness (QED) is 0.586. The number of carbonyl (C=O) groups excluding carboxylic acids is 2. The normalized spacial score (nSPS) is 36.2. The number of fused-ring (bicyclic) bond motifs is 6. The SMILES string of the molecule is O=C1[C@@H]2[C@@H]3CC(CO)[C@H](C3)[C@@H]2C(=O)N1C[C@@H]1CCCC[C@H]1CN1CCN(c2nsc3ccccc23)CC1. The maximum Gasteiger partial charge on any atom is 0.233 e. The second-order valence-electron chi connectivity index (χ2n) is 12.3. The van der Waals surface area contributed by atoms with Crippen LogP contribution in [0.4, 0.5) is 5.82 Å². The standard InChI is InChI=1S/C29H38N4O3S/c34-17-21-13-20-14-23(21)26-25(20)28(35)33(29(26)36)16-19-6-2-1-5-18(19)15-31-9-11-32(12-10-31)27-22-7-3-4-8-24(22)37-30-27/h3-4,7-8,18-21,23,25-26,34H,1-2,5-6,9-17H2/t18-,19-,20+,21?,23-,25+,26-/m0/s1. The fourth-order valence-electron chi connectivity index (χ4n) is 8.62. The van der Waals surface area contributed by atoms with E-state index in [1.54, 1.807) is 16.4 Å². The number of aromatic nitrogens is 1. The largest absolute Gasteiger partial charge is 0.396 e. The molecule has 0 spiro atoms. The van der Waals surface area contributed by atoms with Crippen LogP contribution >= 0.6 is 11.5 Å². The highest BCUT2D eigenvalue weighted by Crippen LogP contribution is 2.58. The summed E-state index contributed by atoms with van der Waals surface area (Å²) in [6.45, 7) is 5.89. The predicted molar refractivity (Wildman–Crippen MR) is 144 cm³/mol. The first-order chi connectivity index (χ1) is 18.1. The van der Waals surface area contributed by atoms with Crippen LogP contribution in [0.15, 0.2) is 24.3 Å². The van der Waals surface area contributed by atoms with Gasteiger partial charge in [0, 0.05) is 51.3 Å². The summed E-state index contributed by atoms with van der Waals surface area (Å²) in [6, 6.07) is 8.50. The molecule has 5 fully saturated rings. The third kappa shape index (κ3) is 4.02. The third-order valence-corrected chi connectivity index (χ3v) is 11.3. The molecule has 7 rings (SSSR count). The molecule has 2 amide bonds. The Morgan fingerprint density at radius 3 is 2.41 bits per heavy atom.